The molecule has 78 valence electrons. The Morgan fingerprint density at radius 2 is 2.15 bits per heavy atom. The van der Waals surface area contributed by atoms with Crippen molar-refractivity contribution in [2.75, 3.05) is 13.2 Å². The highest BCUT2D eigenvalue weighted by Crippen LogP contribution is 2.10. The van der Waals surface area contributed by atoms with Gasteiger partial charge in [0.05, 0.1) is 12.5 Å². The van der Waals surface area contributed by atoms with Gasteiger partial charge in [-0.3, -0.25) is 4.79 Å². The number of hydrogen-bond acceptors (Lipinski definition) is 3. The molecule has 0 spiro atoms. The van der Waals surface area contributed by atoms with Crippen LogP contribution in [0.3, 0.4) is 0 Å². The summed E-state index contributed by atoms with van der Waals surface area (Å²) in [7, 11) is 0. The number of rotatable bonds is 7. The van der Waals surface area contributed by atoms with E-state index in [-0.39, 0.29) is 25.1 Å². The maximum absolute atomic E-state index is 11.2. The summed E-state index contributed by atoms with van der Waals surface area (Å²) < 4.78 is 4.79. The molecule has 13 heavy (non-hydrogen) atoms. The first kappa shape index (κ1) is 12.4. The van der Waals surface area contributed by atoms with Crippen LogP contribution >= 0.6 is 0 Å². The van der Waals surface area contributed by atoms with Crippen LogP contribution in [0.25, 0.3) is 0 Å². The number of ether oxygens (including phenoxy) is 1. The zero-order valence-electron chi connectivity index (χ0n) is 8.58. The molecule has 0 saturated carbocycles. The van der Waals surface area contributed by atoms with Crippen LogP contribution in [0.1, 0.15) is 39.5 Å². The highest BCUT2D eigenvalue weighted by atomic mass is 16.5. The van der Waals surface area contributed by atoms with Gasteiger partial charge in [-0.15, -0.1) is 0 Å². The fourth-order valence-corrected chi connectivity index (χ4v) is 1.11. The molecule has 1 atom stereocenters. The molecule has 0 aliphatic heterocycles. The lowest BCUT2D eigenvalue weighted by Gasteiger charge is -2.09. The van der Waals surface area contributed by atoms with E-state index in [1.165, 1.54) is 6.42 Å². The molecule has 0 radical (unpaired) electrons. The Morgan fingerprint density at radius 1 is 1.46 bits per heavy atom. The predicted octanol–water partition coefficient (Wildman–Crippen LogP) is 1.74. The molecule has 0 saturated heterocycles. The molecule has 0 aliphatic rings. The van der Waals surface area contributed by atoms with E-state index in [0.717, 1.165) is 19.3 Å². The standard InChI is InChI=1S/C10H20O3/c1-3-4-5-6-9(2)10(12)13-8-7-11/h9,11H,3-8H2,1-2H3. The molecule has 0 amide bonds. The van der Waals surface area contributed by atoms with Crippen molar-refractivity contribution in [2.24, 2.45) is 5.92 Å². The third-order valence-corrected chi connectivity index (χ3v) is 1.98. The summed E-state index contributed by atoms with van der Waals surface area (Å²) in [5, 5.41) is 8.43. The average Bonchev–Trinajstić information content (AvgIpc) is 2.14. The maximum atomic E-state index is 11.2. The first-order chi connectivity index (χ1) is 6.22. The van der Waals surface area contributed by atoms with Crippen LogP contribution in [0, 0.1) is 5.92 Å². The summed E-state index contributed by atoms with van der Waals surface area (Å²) in [6, 6.07) is 0. The van der Waals surface area contributed by atoms with Crippen LogP contribution in [-0.4, -0.2) is 24.3 Å². The molecule has 1 N–H and O–H groups in total. The summed E-state index contributed by atoms with van der Waals surface area (Å²) in [4.78, 5) is 11.2. The molecule has 0 aromatic heterocycles. The van der Waals surface area contributed by atoms with E-state index in [1.54, 1.807) is 0 Å². The molecule has 0 rings (SSSR count). The van der Waals surface area contributed by atoms with Crippen LogP contribution in [0.4, 0.5) is 0 Å². The van der Waals surface area contributed by atoms with E-state index in [0.29, 0.717) is 0 Å². The summed E-state index contributed by atoms with van der Waals surface area (Å²) in [5.74, 6) is -0.219. The fraction of sp³-hybridized carbons (Fsp3) is 0.900. The first-order valence-corrected chi connectivity index (χ1v) is 4.99. The molecular weight excluding hydrogens is 168 g/mol. The van der Waals surface area contributed by atoms with Crippen molar-refractivity contribution < 1.29 is 14.6 Å². The highest BCUT2D eigenvalue weighted by molar-refractivity contribution is 5.71. The van der Waals surface area contributed by atoms with Crippen molar-refractivity contribution in [3.8, 4) is 0 Å². The second-order valence-electron chi connectivity index (χ2n) is 3.29. The van der Waals surface area contributed by atoms with Gasteiger partial charge in [0.25, 0.3) is 0 Å². The van der Waals surface area contributed by atoms with Crippen molar-refractivity contribution in [3.05, 3.63) is 0 Å². The third kappa shape index (κ3) is 6.58. The van der Waals surface area contributed by atoms with Gasteiger partial charge in [-0.25, -0.2) is 0 Å². The molecule has 0 aromatic carbocycles. The monoisotopic (exact) mass is 188 g/mol. The van der Waals surface area contributed by atoms with Crippen molar-refractivity contribution in [1.82, 2.24) is 0 Å². The van der Waals surface area contributed by atoms with Gasteiger partial charge in [0, 0.05) is 0 Å². The topological polar surface area (TPSA) is 46.5 Å². The predicted molar refractivity (Wildman–Crippen MR) is 51.4 cm³/mol. The van der Waals surface area contributed by atoms with E-state index in [2.05, 4.69) is 6.92 Å². The van der Waals surface area contributed by atoms with Gasteiger partial charge in [0.1, 0.15) is 6.61 Å². The van der Waals surface area contributed by atoms with Gasteiger partial charge >= 0.3 is 5.97 Å². The highest BCUT2D eigenvalue weighted by Gasteiger charge is 2.12. The molecule has 1 unspecified atom stereocenters. The lowest BCUT2D eigenvalue weighted by atomic mass is 10.0. The lowest BCUT2D eigenvalue weighted by Crippen LogP contribution is -2.16. The van der Waals surface area contributed by atoms with E-state index in [9.17, 15) is 4.79 Å². The Hall–Kier alpha value is -0.570. The molecule has 0 bridgehead atoms. The van der Waals surface area contributed by atoms with Crippen LogP contribution in [0.15, 0.2) is 0 Å². The minimum atomic E-state index is -0.190. The van der Waals surface area contributed by atoms with E-state index in [4.69, 9.17) is 9.84 Å². The average molecular weight is 188 g/mol. The summed E-state index contributed by atoms with van der Waals surface area (Å²) in [6.45, 7) is 4.04. The zero-order valence-corrected chi connectivity index (χ0v) is 8.58. The zero-order chi connectivity index (χ0) is 10.1. The van der Waals surface area contributed by atoms with Crippen molar-refractivity contribution in [3.63, 3.8) is 0 Å². The normalized spacial score (nSPS) is 12.5. The third-order valence-electron chi connectivity index (χ3n) is 1.98. The lowest BCUT2D eigenvalue weighted by molar-refractivity contribution is -0.149. The number of unbranched alkanes of at least 4 members (excludes halogenated alkanes) is 2. The molecule has 3 nitrogen and oxygen atoms in total. The van der Waals surface area contributed by atoms with Gasteiger partial charge in [0.15, 0.2) is 0 Å². The Balaban J connectivity index is 3.45. The Labute approximate surface area is 80.1 Å². The first-order valence-electron chi connectivity index (χ1n) is 4.99. The van der Waals surface area contributed by atoms with Crippen LogP contribution in [-0.2, 0) is 9.53 Å². The second kappa shape index (κ2) is 8.05. The van der Waals surface area contributed by atoms with Crippen molar-refractivity contribution in [1.29, 1.82) is 0 Å². The number of carbonyl (C=O) groups is 1. The minimum absolute atomic E-state index is 0.0295. The number of aliphatic hydroxyl groups is 1. The van der Waals surface area contributed by atoms with Crippen LogP contribution in [0.2, 0.25) is 0 Å². The molecular formula is C10H20O3. The molecule has 0 heterocycles. The maximum Gasteiger partial charge on any atom is 0.308 e. The van der Waals surface area contributed by atoms with Crippen molar-refractivity contribution in [2.45, 2.75) is 39.5 Å². The SMILES string of the molecule is CCCCCC(C)C(=O)OCCO. The Kier molecular flexibility index (Phi) is 7.69. The summed E-state index contributed by atoms with van der Waals surface area (Å²) >= 11 is 0. The van der Waals surface area contributed by atoms with Crippen molar-refractivity contribution >= 4 is 5.97 Å². The summed E-state index contributed by atoms with van der Waals surface area (Å²) in [5.41, 5.74) is 0. The smallest absolute Gasteiger partial charge is 0.308 e. The second-order valence-corrected chi connectivity index (χ2v) is 3.29. The molecule has 3 heteroatoms. The molecule has 0 fully saturated rings. The quantitative estimate of drug-likeness (QED) is 0.489. The van der Waals surface area contributed by atoms with Crippen LogP contribution < -0.4 is 0 Å². The number of carbonyl (C=O) groups excluding carboxylic acids is 1. The number of aliphatic hydroxyl groups excluding tert-OH is 1. The van der Waals surface area contributed by atoms with E-state index < -0.39 is 0 Å². The largest absolute Gasteiger partial charge is 0.463 e. The van der Waals surface area contributed by atoms with E-state index >= 15 is 0 Å². The Bertz CT molecular complexity index is 134. The Morgan fingerprint density at radius 3 is 2.69 bits per heavy atom. The van der Waals surface area contributed by atoms with Crippen LogP contribution in [0.5, 0.6) is 0 Å². The summed E-state index contributed by atoms with van der Waals surface area (Å²) in [6.07, 6.45) is 4.29. The number of hydrogen-bond donors (Lipinski definition) is 1. The van der Waals surface area contributed by atoms with Gasteiger partial charge in [-0.1, -0.05) is 33.1 Å². The minimum Gasteiger partial charge on any atom is -0.463 e. The molecule has 0 aliphatic carbocycles. The van der Waals surface area contributed by atoms with Gasteiger partial charge in [0.2, 0.25) is 0 Å². The van der Waals surface area contributed by atoms with Gasteiger partial charge in [-0.05, 0) is 6.42 Å². The van der Waals surface area contributed by atoms with Gasteiger partial charge < -0.3 is 9.84 Å². The van der Waals surface area contributed by atoms with E-state index in [1.807, 2.05) is 6.92 Å². The number of esters is 1. The van der Waals surface area contributed by atoms with Gasteiger partial charge in [-0.2, -0.15) is 0 Å². The molecule has 0 aromatic rings. The fourth-order valence-electron chi connectivity index (χ4n) is 1.11.